The smallest absolute Gasteiger partial charge is 0.410 e. The van der Waals surface area contributed by atoms with E-state index in [9.17, 15) is 9.59 Å². The second-order valence-electron chi connectivity index (χ2n) is 8.02. The van der Waals surface area contributed by atoms with E-state index in [4.69, 9.17) is 4.74 Å². The molecule has 1 atom stereocenters. The number of ketones is 1. The number of ether oxygens (including phenoxy) is 1. The van der Waals surface area contributed by atoms with Gasteiger partial charge in [0, 0.05) is 18.5 Å². The van der Waals surface area contributed by atoms with Crippen molar-refractivity contribution in [1.82, 2.24) is 4.90 Å². The van der Waals surface area contributed by atoms with Gasteiger partial charge in [-0.05, 0) is 57.9 Å². The Kier molecular flexibility index (Phi) is 4.66. The van der Waals surface area contributed by atoms with E-state index in [1.807, 2.05) is 49.9 Å². The quantitative estimate of drug-likeness (QED) is 0.749. The number of hydrogen-bond donors (Lipinski definition) is 0. The Balaban J connectivity index is 1.68. The first-order chi connectivity index (χ1) is 11.3. The second-order valence-corrected chi connectivity index (χ2v) is 8.02. The average molecular weight is 329 g/mol. The van der Waals surface area contributed by atoms with Gasteiger partial charge in [-0.3, -0.25) is 4.79 Å². The summed E-state index contributed by atoms with van der Waals surface area (Å²) in [6.45, 7) is 6.38. The van der Waals surface area contributed by atoms with Crippen LogP contribution in [0.5, 0.6) is 0 Å². The van der Waals surface area contributed by atoms with Gasteiger partial charge in [0.2, 0.25) is 0 Å². The highest BCUT2D eigenvalue weighted by atomic mass is 16.6. The summed E-state index contributed by atoms with van der Waals surface area (Å²) >= 11 is 0. The minimum atomic E-state index is -0.483. The molecule has 1 aromatic carbocycles. The molecular formula is C20H27NO3. The van der Waals surface area contributed by atoms with Crippen molar-refractivity contribution in [3.05, 3.63) is 35.4 Å². The molecule has 1 unspecified atom stereocenters. The third kappa shape index (κ3) is 4.16. The molecular weight excluding hydrogens is 302 g/mol. The molecule has 1 heterocycles. The molecule has 0 spiro atoms. The summed E-state index contributed by atoms with van der Waals surface area (Å²) in [7, 11) is 0. The monoisotopic (exact) mass is 329 g/mol. The highest BCUT2D eigenvalue weighted by Gasteiger charge is 2.33. The van der Waals surface area contributed by atoms with Crippen molar-refractivity contribution in [3.63, 3.8) is 0 Å². The molecule has 1 aliphatic heterocycles. The number of carbonyl (C=O) groups excluding carboxylic acids is 2. The van der Waals surface area contributed by atoms with Gasteiger partial charge in [-0.25, -0.2) is 4.79 Å². The van der Waals surface area contributed by atoms with Crippen LogP contribution in [0.15, 0.2) is 24.3 Å². The van der Waals surface area contributed by atoms with E-state index in [1.165, 1.54) is 12.8 Å². The molecule has 2 fully saturated rings. The standard InChI is InChI=1S/C20H27NO3/c1-20(2,3)24-19(23)21-12-4-5-17(21)15-8-10-16(11-9-15)18(22)13-14-6-7-14/h8-11,14,17H,4-7,12-13H2,1-3H3. The zero-order valence-corrected chi connectivity index (χ0v) is 14.9. The molecule has 0 bridgehead atoms. The Hall–Kier alpha value is -1.84. The van der Waals surface area contributed by atoms with Crippen LogP contribution >= 0.6 is 0 Å². The molecule has 2 aliphatic rings. The van der Waals surface area contributed by atoms with E-state index >= 15 is 0 Å². The molecule has 130 valence electrons. The number of carbonyl (C=O) groups is 2. The summed E-state index contributed by atoms with van der Waals surface area (Å²) in [5.74, 6) is 0.842. The van der Waals surface area contributed by atoms with Gasteiger partial charge in [-0.2, -0.15) is 0 Å². The Bertz CT molecular complexity index is 611. The maximum atomic E-state index is 12.4. The Morgan fingerprint density at radius 1 is 1.12 bits per heavy atom. The fourth-order valence-electron chi connectivity index (χ4n) is 3.25. The summed E-state index contributed by atoms with van der Waals surface area (Å²) in [6.07, 6.45) is 4.72. The maximum absolute atomic E-state index is 12.4. The van der Waals surface area contributed by atoms with Crippen molar-refractivity contribution in [2.75, 3.05) is 6.54 Å². The number of amides is 1. The normalized spacial score (nSPS) is 21.0. The number of benzene rings is 1. The summed E-state index contributed by atoms with van der Waals surface area (Å²) < 4.78 is 5.52. The molecule has 0 N–H and O–H groups in total. The van der Waals surface area contributed by atoms with E-state index in [1.54, 1.807) is 0 Å². The van der Waals surface area contributed by atoms with Crippen LogP contribution in [0.3, 0.4) is 0 Å². The first kappa shape index (κ1) is 17.0. The molecule has 24 heavy (non-hydrogen) atoms. The SMILES string of the molecule is CC(C)(C)OC(=O)N1CCCC1c1ccc(C(=O)CC2CC2)cc1. The van der Waals surface area contributed by atoms with Gasteiger partial charge in [0.25, 0.3) is 0 Å². The molecule has 3 rings (SSSR count). The maximum Gasteiger partial charge on any atom is 0.410 e. The predicted molar refractivity (Wildman–Crippen MR) is 93.0 cm³/mol. The largest absolute Gasteiger partial charge is 0.444 e. The van der Waals surface area contributed by atoms with Crippen molar-refractivity contribution >= 4 is 11.9 Å². The van der Waals surface area contributed by atoms with Gasteiger partial charge in [-0.15, -0.1) is 0 Å². The minimum absolute atomic E-state index is 0.0486. The predicted octanol–water partition coefficient (Wildman–Crippen LogP) is 4.74. The van der Waals surface area contributed by atoms with Crippen molar-refractivity contribution in [2.24, 2.45) is 5.92 Å². The number of rotatable bonds is 4. The van der Waals surface area contributed by atoms with Gasteiger partial charge in [0.1, 0.15) is 5.60 Å². The van der Waals surface area contributed by atoms with E-state index in [-0.39, 0.29) is 17.9 Å². The molecule has 4 heteroatoms. The highest BCUT2D eigenvalue weighted by Crippen LogP contribution is 2.35. The zero-order chi connectivity index (χ0) is 17.3. The number of nitrogens with zero attached hydrogens (tertiary/aromatic N) is 1. The van der Waals surface area contributed by atoms with Gasteiger partial charge in [0.15, 0.2) is 5.78 Å². The molecule has 1 aliphatic carbocycles. The van der Waals surface area contributed by atoms with Gasteiger partial charge < -0.3 is 9.64 Å². The third-order valence-corrected chi connectivity index (χ3v) is 4.67. The lowest BCUT2D eigenvalue weighted by molar-refractivity contribution is 0.0224. The van der Waals surface area contributed by atoms with Crippen molar-refractivity contribution in [2.45, 2.75) is 64.5 Å². The van der Waals surface area contributed by atoms with E-state index in [0.29, 0.717) is 12.3 Å². The molecule has 1 amide bonds. The average Bonchev–Trinajstić information content (AvgIpc) is 3.17. The molecule has 1 aromatic rings. The lowest BCUT2D eigenvalue weighted by Crippen LogP contribution is -2.36. The van der Waals surface area contributed by atoms with E-state index in [0.717, 1.165) is 30.5 Å². The summed E-state index contributed by atoms with van der Waals surface area (Å²) in [5.41, 5.74) is 1.39. The topological polar surface area (TPSA) is 46.6 Å². The molecule has 0 aromatic heterocycles. The summed E-state index contributed by atoms with van der Waals surface area (Å²) in [4.78, 5) is 26.4. The minimum Gasteiger partial charge on any atom is -0.444 e. The van der Waals surface area contributed by atoms with Gasteiger partial charge >= 0.3 is 6.09 Å². The lowest BCUT2D eigenvalue weighted by Gasteiger charge is -2.28. The van der Waals surface area contributed by atoms with E-state index < -0.39 is 5.60 Å². The molecule has 4 nitrogen and oxygen atoms in total. The number of Topliss-reactive ketones (excluding diaryl/α,β-unsaturated/α-hetero) is 1. The fourth-order valence-corrected chi connectivity index (χ4v) is 3.25. The molecule has 1 saturated heterocycles. The summed E-state index contributed by atoms with van der Waals surface area (Å²) in [5, 5.41) is 0. The zero-order valence-electron chi connectivity index (χ0n) is 14.9. The number of likely N-dealkylation sites (tertiary alicyclic amines) is 1. The van der Waals surface area contributed by atoms with Crippen LogP contribution in [0.1, 0.15) is 74.8 Å². The Labute approximate surface area is 144 Å². The first-order valence-corrected chi connectivity index (χ1v) is 8.96. The first-order valence-electron chi connectivity index (χ1n) is 8.96. The van der Waals surface area contributed by atoms with Crippen LogP contribution in [0, 0.1) is 5.92 Å². The van der Waals surface area contributed by atoms with Crippen LogP contribution in [-0.2, 0) is 4.74 Å². The van der Waals surface area contributed by atoms with Crippen molar-refractivity contribution in [3.8, 4) is 0 Å². The van der Waals surface area contributed by atoms with Crippen LogP contribution in [0.25, 0.3) is 0 Å². The number of hydrogen-bond acceptors (Lipinski definition) is 3. The van der Waals surface area contributed by atoms with Crippen LogP contribution in [0.4, 0.5) is 4.79 Å². The van der Waals surface area contributed by atoms with Crippen LogP contribution in [0.2, 0.25) is 0 Å². The summed E-state index contributed by atoms with van der Waals surface area (Å²) in [6, 6.07) is 7.85. The van der Waals surface area contributed by atoms with Gasteiger partial charge in [0.05, 0.1) is 6.04 Å². The molecule has 0 radical (unpaired) electrons. The fraction of sp³-hybridized carbons (Fsp3) is 0.600. The van der Waals surface area contributed by atoms with Crippen molar-refractivity contribution < 1.29 is 14.3 Å². The van der Waals surface area contributed by atoms with Crippen molar-refractivity contribution in [1.29, 1.82) is 0 Å². The molecule has 1 saturated carbocycles. The highest BCUT2D eigenvalue weighted by molar-refractivity contribution is 5.96. The third-order valence-electron chi connectivity index (χ3n) is 4.67. The van der Waals surface area contributed by atoms with Gasteiger partial charge in [-0.1, -0.05) is 24.3 Å². The van der Waals surface area contributed by atoms with E-state index in [2.05, 4.69) is 0 Å². The second kappa shape index (κ2) is 6.58. The Morgan fingerprint density at radius 2 is 1.79 bits per heavy atom. The van der Waals surface area contributed by atoms with Crippen LogP contribution in [-0.4, -0.2) is 28.9 Å². The van der Waals surface area contributed by atoms with Crippen LogP contribution < -0.4 is 0 Å². The lowest BCUT2D eigenvalue weighted by atomic mass is 10.00. The Morgan fingerprint density at radius 3 is 2.38 bits per heavy atom.